The predicted molar refractivity (Wildman–Crippen MR) is 105 cm³/mol. The largest absolute Gasteiger partial charge is 0.507 e. The van der Waals surface area contributed by atoms with Crippen molar-refractivity contribution in [3.63, 3.8) is 0 Å². The highest BCUT2D eigenvalue weighted by Gasteiger charge is 2.47. The summed E-state index contributed by atoms with van der Waals surface area (Å²) < 4.78 is 5.42. The van der Waals surface area contributed by atoms with E-state index in [1.165, 1.54) is 12.0 Å². The number of benzene rings is 2. The van der Waals surface area contributed by atoms with Gasteiger partial charge in [0.1, 0.15) is 11.5 Å². The number of carbonyl (C=O) groups excluding carboxylic acids is 2. The second-order valence-corrected chi connectivity index (χ2v) is 6.91. The Morgan fingerprint density at radius 3 is 2.39 bits per heavy atom. The van der Waals surface area contributed by atoms with Crippen LogP contribution < -0.4 is 4.74 Å². The van der Waals surface area contributed by atoms with Crippen LogP contribution in [0.2, 0.25) is 0 Å². The molecule has 2 aromatic rings. The molecule has 6 heteroatoms. The molecule has 6 nitrogen and oxygen atoms in total. The highest BCUT2D eigenvalue weighted by atomic mass is 16.5. The third-order valence-corrected chi connectivity index (χ3v) is 4.76. The first-order chi connectivity index (χ1) is 13.3. The molecule has 1 heterocycles. The van der Waals surface area contributed by atoms with Crippen molar-refractivity contribution in [1.82, 2.24) is 4.90 Å². The number of nitrogens with zero attached hydrogens (tertiary/aromatic N) is 1. The van der Waals surface area contributed by atoms with E-state index in [1.54, 1.807) is 43.3 Å². The van der Waals surface area contributed by atoms with Crippen molar-refractivity contribution >= 4 is 17.4 Å². The summed E-state index contributed by atoms with van der Waals surface area (Å²) in [6.07, 6.45) is -0.838. The van der Waals surface area contributed by atoms with Gasteiger partial charge in [-0.1, -0.05) is 48.0 Å². The number of ketones is 1. The van der Waals surface area contributed by atoms with Gasteiger partial charge in [0, 0.05) is 17.7 Å². The monoisotopic (exact) mass is 381 g/mol. The number of para-hydroxylation sites is 1. The number of aliphatic hydroxyl groups excluding tert-OH is 2. The van der Waals surface area contributed by atoms with Crippen LogP contribution in [0.5, 0.6) is 5.75 Å². The highest BCUT2D eigenvalue weighted by molar-refractivity contribution is 6.46. The van der Waals surface area contributed by atoms with Gasteiger partial charge >= 0.3 is 0 Å². The van der Waals surface area contributed by atoms with Gasteiger partial charge in [-0.05, 0) is 19.9 Å². The van der Waals surface area contributed by atoms with E-state index >= 15 is 0 Å². The van der Waals surface area contributed by atoms with Crippen molar-refractivity contribution in [3.05, 3.63) is 70.8 Å². The molecular formula is C22H23NO5. The number of rotatable bonds is 5. The maximum atomic E-state index is 12.8. The number of aliphatic hydroxyl groups is 2. The molecule has 1 aliphatic heterocycles. The first-order valence-corrected chi connectivity index (χ1v) is 9.01. The van der Waals surface area contributed by atoms with E-state index in [9.17, 15) is 19.8 Å². The topological polar surface area (TPSA) is 87.1 Å². The molecule has 1 amide bonds. The predicted octanol–water partition coefficient (Wildman–Crippen LogP) is 2.81. The Morgan fingerprint density at radius 1 is 1.14 bits per heavy atom. The summed E-state index contributed by atoms with van der Waals surface area (Å²) in [5.74, 6) is -1.30. The third kappa shape index (κ3) is 3.51. The number of hydrogen-bond donors (Lipinski definition) is 2. The van der Waals surface area contributed by atoms with Crippen LogP contribution in [-0.2, 0) is 9.59 Å². The van der Waals surface area contributed by atoms with Gasteiger partial charge in [-0.15, -0.1) is 0 Å². The van der Waals surface area contributed by atoms with E-state index < -0.39 is 23.8 Å². The summed E-state index contributed by atoms with van der Waals surface area (Å²) >= 11 is 0. The summed E-state index contributed by atoms with van der Waals surface area (Å²) in [4.78, 5) is 26.8. The molecule has 28 heavy (non-hydrogen) atoms. The third-order valence-electron chi connectivity index (χ3n) is 4.76. The summed E-state index contributed by atoms with van der Waals surface area (Å²) in [6.45, 7) is 3.41. The quantitative estimate of drug-likeness (QED) is 0.472. The SMILES string of the molecule is COc1ccccc1[C@H]1C(=C(O)c2ccc(C)cc2)C(=O)C(=O)N1C[C@H](C)O. The minimum Gasteiger partial charge on any atom is -0.507 e. The summed E-state index contributed by atoms with van der Waals surface area (Å²) in [7, 11) is 1.50. The highest BCUT2D eigenvalue weighted by Crippen LogP contribution is 2.42. The molecule has 2 atom stereocenters. The summed E-state index contributed by atoms with van der Waals surface area (Å²) in [5, 5.41) is 20.8. The molecule has 2 aromatic carbocycles. The van der Waals surface area contributed by atoms with Gasteiger partial charge in [0.15, 0.2) is 0 Å². The molecule has 0 radical (unpaired) electrons. The van der Waals surface area contributed by atoms with Gasteiger partial charge in [-0.2, -0.15) is 0 Å². The fourth-order valence-electron chi connectivity index (χ4n) is 3.44. The van der Waals surface area contributed by atoms with Gasteiger partial charge in [-0.25, -0.2) is 0 Å². The summed E-state index contributed by atoms with van der Waals surface area (Å²) in [5.41, 5.74) is 2.01. The molecule has 3 rings (SSSR count). The van der Waals surface area contributed by atoms with Gasteiger partial charge in [-0.3, -0.25) is 9.59 Å². The van der Waals surface area contributed by atoms with Crippen molar-refractivity contribution in [3.8, 4) is 5.75 Å². The summed E-state index contributed by atoms with van der Waals surface area (Å²) in [6, 6.07) is 13.2. The molecule has 0 aliphatic carbocycles. The van der Waals surface area contributed by atoms with E-state index in [0.29, 0.717) is 16.9 Å². The number of aryl methyl sites for hydroxylation is 1. The Bertz CT molecular complexity index is 930. The number of amides is 1. The number of methoxy groups -OCH3 is 1. The molecule has 1 saturated heterocycles. The number of Topliss-reactive ketones (excluding diaryl/α,β-unsaturated/α-hetero) is 1. The molecule has 1 aliphatic rings. The lowest BCUT2D eigenvalue weighted by Crippen LogP contribution is -2.35. The van der Waals surface area contributed by atoms with E-state index in [1.807, 2.05) is 19.1 Å². The lowest BCUT2D eigenvalue weighted by atomic mass is 9.94. The lowest BCUT2D eigenvalue weighted by molar-refractivity contribution is -0.140. The van der Waals surface area contributed by atoms with E-state index in [0.717, 1.165) is 5.56 Å². The Labute approximate surface area is 163 Å². The standard InChI is InChI=1S/C22H23NO5/c1-13-8-10-15(11-9-13)20(25)18-19(16-6-4-5-7-17(16)28-3)23(12-14(2)24)22(27)21(18)26/h4-11,14,19,24-25H,12H2,1-3H3/t14-,19-/m0/s1. The zero-order valence-corrected chi connectivity index (χ0v) is 16.0. The van der Waals surface area contributed by atoms with E-state index in [2.05, 4.69) is 0 Å². The van der Waals surface area contributed by atoms with Crippen LogP contribution in [0.3, 0.4) is 0 Å². The molecule has 0 spiro atoms. The first kappa shape index (κ1) is 19.6. The lowest BCUT2D eigenvalue weighted by Gasteiger charge is -2.27. The minimum absolute atomic E-state index is 0.0148. The zero-order valence-electron chi connectivity index (χ0n) is 16.0. The maximum absolute atomic E-state index is 12.8. The maximum Gasteiger partial charge on any atom is 0.295 e. The molecule has 0 saturated carbocycles. The molecule has 2 N–H and O–H groups in total. The average Bonchev–Trinajstić information content (AvgIpc) is 2.92. The number of carbonyl (C=O) groups is 2. The molecule has 1 fully saturated rings. The van der Waals surface area contributed by atoms with Crippen LogP contribution >= 0.6 is 0 Å². The smallest absolute Gasteiger partial charge is 0.295 e. The second kappa shape index (κ2) is 7.86. The van der Waals surface area contributed by atoms with Crippen molar-refractivity contribution in [2.75, 3.05) is 13.7 Å². The molecule has 0 aromatic heterocycles. The number of hydrogen-bond acceptors (Lipinski definition) is 5. The Balaban J connectivity index is 2.23. The van der Waals surface area contributed by atoms with Crippen LogP contribution in [0.1, 0.15) is 29.7 Å². The zero-order chi connectivity index (χ0) is 20.4. The normalized spacial score (nSPS) is 19.7. The van der Waals surface area contributed by atoms with Crippen LogP contribution in [0, 0.1) is 6.92 Å². The fraction of sp³-hybridized carbons (Fsp3) is 0.273. The molecule has 0 unspecified atom stereocenters. The minimum atomic E-state index is -0.855. The van der Waals surface area contributed by atoms with Crippen molar-refractivity contribution in [2.24, 2.45) is 0 Å². The first-order valence-electron chi connectivity index (χ1n) is 9.01. The van der Waals surface area contributed by atoms with Gasteiger partial charge in [0.2, 0.25) is 0 Å². The van der Waals surface area contributed by atoms with Crippen molar-refractivity contribution in [2.45, 2.75) is 26.0 Å². The number of likely N-dealkylation sites (tertiary alicyclic amines) is 1. The van der Waals surface area contributed by atoms with Gasteiger partial charge in [0.25, 0.3) is 11.7 Å². The van der Waals surface area contributed by atoms with E-state index in [4.69, 9.17) is 4.74 Å². The Morgan fingerprint density at radius 2 is 1.79 bits per heavy atom. The van der Waals surface area contributed by atoms with Crippen LogP contribution in [0.4, 0.5) is 0 Å². The van der Waals surface area contributed by atoms with Crippen molar-refractivity contribution in [1.29, 1.82) is 0 Å². The van der Waals surface area contributed by atoms with Crippen molar-refractivity contribution < 1.29 is 24.5 Å². The number of β-amino-alcohol motifs (C(OH)–C–C–N with tert-alkyl or cyclic N) is 1. The van der Waals surface area contributed by atoms with Gasteiger partial charge < -0.3 is 19.8 Å². The van der Waals surface area contributed by atoms with Crippen LogP contribution in [0.15, 0.2) is 54.1 Å². The van der Waals surface area contributed by atoms with Crippen LogP contribution in [-0.4, -0.2) is 46.6 Å². The molecule has 0 bridgehead atoms. The average molecular weight is 381 g/mol. The second-order valence-electron chi connectivity index (χ2n) is 6.91. The number of ether oxygens (including phenoxy) is 1. The van der Waals surface area contributed by atoms with E-state index in [-0.39, 0.29) is 17.9 Å². The van der Waals surface area contributed by atoms with Crippen LogP contribution in [0.25, 0.3) is 5.76 Å². The fourth-order valence-corrected chi connectivity index (χ4v) is 3.44. The van der Waals surface area contributed by atoms with Gasteiger partial charge in [0.05, 0.1) is 24.8 Å². The Kier molecular flexibility index (Phi) is 5.51. The molecular weight excluding hydrogens is 358 g/mol. The molecule has 146 valence electrons. The Hall–Kier alpha value is -3.12.